The van der Waals surface area contributed by atoms with E-state index in [2.05, 4.69) is 20.3 Å². The van der Waals surface area contributed by atoms with Crippen LogP contribution in [-0.2, 0) is 6.42 Å². The van der Waals surface area contributed by atoms with E-state index in [9.17, 15) is 4.79 Å². The van der Waals surface area contributed by atoms with Gasteiger partial charge < -0.3 is 5.32 Å². The molecular weight excluding hydrogens is 260 g/mol. The highest BCUT2D eigenvalue weighted by Gasteiger charge is 2.13. The van der Waals surface area contributed by atoms with E-state index in [4.69, 9.17) is 0 Å². The molecule has 0 aliphatic heterocycles. The van der Waals surface area contributed by atoms with Crippen molar-refractivity contribution in [1.29, 1.82) is 0 Å². The number of thioether (sulfide) groups is 1. The van der Waals surface area contributed by atoms with Crippen LogP contribution in [0.3, 0.4) is 0 Å². The number of pyridine rings is 1. The Morgan fingerprint density at radius 1 is 1.42 bits per heavy atom. The molecule has 2 aromatic heterocycles. The summed E-state index contributed by atoms with van der Waals surface area (Å²) in [6, 6.07) is 3.55. The van der Waals surface area contributed by atoms with Crippen LogP contribution in [0.5, 0.6) is 0 Å². The lowest BCUT2D eigenvalue weighted by atomic mass is 10.2. The standard InChI is InChI=1S/C13H14N4OS/c1-3-11-10(8-15-13(17-11)19-2)12(18)16-9-5-4-6-14-7-9/h4-8H,3H2,1-2H3,(H,16,18). The molecule has 6 heteroatoms. The van der Waals surface area contributed by atoms with Gasteiger partial charge in [-0.25, -0.2) is 9.97 Å². The summed E-state index contributed by atoms with van der Waals surface area (Å²) < 4.78 is 0. The largest absolute Gasteiger partial charge is 0.320 e. The van der Waals surface area contributed by atoms with Crippen LogP contribution in [0, 0.1) is 0 Å². The third kappa shape index (κ3) is 3.29. The molecule has 1 N–H and O–H groups in total. The quantitative estimate of drug-likeness (QED) is 0.685. The van der Waals surface area contributed by atoms with Gasteiger partial charge in [0, 0.05) is 12.4 Å². The van der Waals surface area contributed by atoms with E-state index in [0.717, 1.165) is 5.69 Å². The number of amides is 1. The number of carbonyl (C=O) groups is 1. The first-order chi connectivity index (χ1) is 9.24. The highest BCUT2D eigenvalue weighted by Crippen LogP contribution is 2.14. The monoisotopic (exact) mass is 274 g/mol. The maximum atomic E-state index is 12.2. The number of hydrogen-bond acceptors (Lipinski definition) is 5. The second-order valence-corrected chi connectivity index (χ2v) is 4.54. The molecule has 0 atom stereocenters. The first-order valence-corrected chi connectivity index (χ1v) is 7.08. The number of carbonyl (C=O) groups excluding carboxylic acids is 1. The molecule has 0 unspecified atom stereocenters. The normalized spacial score (nSPS) is 10.2. The summed E-state index contributed by atoms with van der Waals surface area (Å²) in [4.78, 5) is 24.6. The summed E-state index contributed by atoms with van der Waals surface area (Å²) in [5.74, 6) is -0.211. The minimum atomic E-state index is -0.211. The van der Waals surface area contributed by atoms with Crippen molar-refractivity contribution in [2.24, 2.45) is 0 Å². The Balaban J connectivity index is 2.24. The highest BCUT2D eigenvalue weighted by atomic mass is 32.2. The molecule has 0 bridgehead atoms. The molecule has 5 nitrogen and oxygen atoms in total. The molecular formula is C13H14N4OS. The first-order valence-electron chi connectivity index (χ1n) is 5.86. The Morgan fingerprint density at radius 3 is 2.89 bits per heavy atom. The SMILES string of the molecule is CCc1nc(SC)ncc1C(=O)Nc1cccnc1. The molecule has 2 heterocycles. The van der Waals surface area contributed by atoms with E-state index in [1.807, 2.05) is 13.2 Å². The predicted octanol–water partition coefficient (Wildman–Crippen LogP) is 2.41. The third-order valence-corrected chi connectivity index (χ3v) is 3.09. The highest BCUT2D eigenvalue weighted by molar-refractivity contribution is 7.98. The Kier molecular flexibility index (Phi) is 4.46. The number of aryl methyl sites for hydroxylation is 1. The lowest BCUT2D eigenvalue weighted by Gasteiger charge is -2.08. The van der Waals surface area contributed by atoms with E-state index >= 15 is 0 Å². The molecule has 0 saturated heterocycles. The van der Waals surface area contributed by atoms with Crippen molar-refractivity contribution in [1.82, 2.24) is 15.0 Å². The molecule has 19 heavy (non-hydrogen) atoms. The molecule has 0 saturated carbocycles. The molecule has 2 aromatic rings. The molecule has 0 aliphatic carbocycles. The smallest absolute Gasteiger partial charge is 0.259 e. The fourth-order valence-electron chi connectivity index (χ4n) is 1.59. The van der Waals surface area contributed by atoms with Crippen LogP contribution in [0.2, 0.25) is 0 Å². The van der Waals surface area contributed by atoms with Crippen LogP contribution in [-0.4, -0.2) is 27.1 Å². The van der Waals surface area contributed by atoms with Gasteiger partial charge in [0.1, 0.15) is 0 Å². The summed E-state index contributed by atoms with van der Waals surface area (Å²) in [5.41, 5.74) is 1.91. The van der Waals surface area contributed by atoms with Crippen LogP contribution in [0.25, 0.3) is 0 Å². The third-order valence-electron chi connectivity index (χ3n) is 2.53. The lowest BCUT2D eigenvalue weighted by molar-refractivity contribution is 0.102. The van der Waals surface area contributed by atoms with Gasteiger partial charge in [-0.1, -0.05) is 18.7 Å². The van der Waals surface area contributed by atoms with Gasteiger partial charge in [-0.3, -0.25) is 9.78 Å². The first kappa shape index (κ1) is 13.5. The Labute approximate surface area is 115 Å². The topological polar surface area (TPSA) is 67.8 Å². The molecule has 0 spiro atoms. The Morgan fingerprint density at radius 2 is 2.26 bits per heavy atom. The van der Waals surface area contributed by atoms with Crippen LogP contribution in [0.1, 0.15) is 23.0 Å². The Hall–Kier alpha value is -1.95. The second kappa shape index (κ2) is 6.29. The molecule has 0 fully saturated rings. The molecule has 2 rings (SSSR count). The molecule has 98 valence electrons. The van der Waals surface area contributed by atoms with E-state index in [-0.39, 0.29) is 5.91 Å². The van der Waals surface area contributed by atoms with Gasteiger partial charge in [0.2, 0.25) is 0 Å². The van der Waals surface area contributed by atoms with Gasteiger partial charge in [0.15, 0.2) is 5.16 Å². The summed E-state index contributed by atoms with van der Waals surface area (Å²) in [6.07, 6.45) is 7.42. The van der Waals surface area contributed by atoms with Crippen molar-refractivity contribution in [3.8, 4) is 0 Å². The minimum absolute atomic E-state index is 0.211. The van der Waals surface area contributed by atoms with Crippen LogP contribution in [0.15, 0.2) is 35.9 Å². The van der Waals surface area contributed by atoms with Crippen molar-refractivity contribution < 1.29 is 4.79 Å². The van der Waals surface area contributed by atoms with E-state index in [0.29, 0.717) is 22.8 Å². The number of nitrogens with zero attached hydrogens (tertiary/aromatic N) is 3. The number of anilines is 1. The van der Waals surface area contributed by atoms with Crippen molar-refractivity contribution in [3.63, 3.8) is 0 Å². The second-order valence-electron chi connectivity index (χ2n) is 3.77. The number of hydrogen-bond donors (Lipinski definition) is 1. The van der Waals surface area contributed by atoms with Crippen LogP contribution >= 0.6 is 11.8 Å². The van der Waals surface area contributed by atoms with E-state index < -0.39 is 0 Å². The van der Waals surface area contributed by atoms with Gasteiger partial charge >= 0.3 is 0 Å². The van der Waals surface area contributed by atoms with Crippen molar-refractivity contribution in [3.05, 3.63) is 42.0 Å². The zero-order valence-electron chi connectivity index (χ0n) is 10.8. The number of rotatable bonds is 4. The van der Waals surface area contributed by atoms with Crippen LogP contribution in [0.4, 0.5) is 5.69 Å². The fraction of sp³-hybridized carbons (Fsp3) is 0.231. The number of nitrogens with one attached hydrogen (secondary N) is 1. The average Bonchev–Trinajstić information content (AvgIpc) is 2.47. The lowest BCUT2D eigenvalue weighted by Crippen LogP contribution is -2.16. The van der Waals surface area contributed by atoms with E-state index in [1.54, 1.807) is 30.7 Å². The fourth-order valence-corrected chi connectivity index (χ4v) is 1.95. The van der Waals surface area contributed by atoms with Crippen molar-refractivity contribution in [2.75, 3.05) is 11.6 Å². The zero-order valence-corrected chi connectivity index (χ0v) is 11.6. The van der Waals surface area contributed by atoms with Gasteiger partial charge in [0.25, 0.3) is 5.91 Å². The average molecular weight is 274 g/mol. The van der Waals surface area contributed by atoms with Crippen molar-refractivity contribution in [2.45, 2.75) is 18.5 Å². The molecule has 0 aliphatic rings. The minimum Gasteiger partial charge on any atom is -0.320 e. The molecule has 0 aromatic carbocycles. The van der Waals surface area contributed by atoms with Crippen LogP contribution < -0.4 is 5.32 Å². The number of aromatic nitrogens is 3. The van der Waals surface area contributed by atoms with Gasteiger partial charge in [-0.15, -0.1) is 0 Å². The van der Waals surface area contributed by atoms with Gasteiger partial charge in [0.05, 0.1) is 23.1 Å². The summed E-state index contributed by atoms with van der Waals surface area (Å²) in [5, 5.41) is 3.46. The van der Waals surface area contributed by atoms with E-state index in [1.165, 1.54) is 11.8 Å². The maximum absolute atomic E-state index is 12.2. The molecule has 1 amide bonds. The summed E-state index contributed by atoms with van der Waals surface area (Å²) in [6.45, 7) is 1.97. The Bertz CT molecular complexity index is 574. The maximum Gasteiger partial charge on any atom is 0.259 e. The predicted molar refractivity (Wildman–Crippen MR) is 75.4 cm³/mol. The van der Waals surface area contributed by atoms with Crippen molar-refractivity contribution >= 4 is 23.4 Å². The van der Waals surface area contributed by atoms with Gasteiger partial charge in [-0.05, 0) is 24.8 Å². The zero-order chi connectivity index (χ0) is 13.7. The summed E-state index contributed by atoms with van der Waals surface area (Å²) >= 11 is 1.46. The summed E-state index contributed by atoms with van der Waals surface area (Å²) in [7, 11) is 0. The molecule has 0 radical (unpaired) electrons. The van der Waals surface area contributed by atoms with Gasteiger partial charge in [-0.2, -0.15) is 0 Å².